The molecule has 7 heavy (non-hydrogen) atoms. The van der Waals surface area contributed by atoms with Crippen molar-refractivity contribution in [2.75, 3.05) is 0 Å². The van der Waals surface area contributed by atoms with Gasteiger partial charge in [-0.2, -0.15) is 0 Å². The molecule has 0 rings (SSSR count). The van der Waals surface area contributed by atoms with E-state index < -0.39 is 9.76 Å². The minimum atomic E-state index is -0.597. The molecule has 1 nitrogen and oxygen atoms in total. The van der Waals surface area contributed by atoms with Crippen molar-refractivity contribution in [1.82, 2.24) is 0 Å². The predicted octanol–water partition coefficient (Wildman–Crippen LogP) is -0.368. The van der Waals surface area contributed by atoms with Crippen molar-refractivity contribution in [2.45, 2.75) is 25.8 Å². The Kier molecular flexibility index (Phi) is 17.8. The Morgan fingerprint density at radius 3 is 2.29 bits per heavy atom. The average molecular weight is 144 g/mol. The summed E-state index contributed by atoms with van der Waals surface area (Å²) in [5.41, 5.74) is 0. The van der Waals surface area contributed by atoms with Gasteiger partial charge in [0.15, 0.2) is 9.76 Å². The summed E-state index contributed by atoms with van der Waals surface area (Å²) >= 11 is 0. The Bertz CT molecular complexity index is 23.7. The molecule has 0 aliphatic carbocycles. The van der Waals surface area contributed by atoms with Gasteiger partial charge in [-0.1, -0.05) is 19.8 Å². The molecule has 0 aromatic carbocycles. The molecule has 0 saturated heterocycles. The van der Waals surface area contributed by atoms with Crippen molar-refractivity contribution >= 4 is 61.1 Å². The zero-order valence-electron chi connectivity index (χ0n) is 4.28. The second-order valence-corrected chi connectivity index (χ2v) is 2.59. The summed E-state index contributed by atoms with van der Waals surface area (Å²) in [5.74, 6) is 0. The van der Waals surface area contributed by atoms with Gasteiger partial charge < -0.3 is 4.80 Å². The molecule has 0 radical (unpaired) electrons. The maximum atomic E-state index is 8.34. The van der Waals surface area contributed by atoms with E-state index in [-0.39, 0.29) is 51.4 Å². The second-order valence-electron chi connectivity index (χ2n) is 1.43. The van der Waals surface area contributed by atoms with Gasteiger partial charge in [-0.25, -0.2) is 0 Å². The summed E-state index contributed by atoms with van der Waals surface area (Å²) in [6.07, 6.45) is 2.45. The second kappa shape index (κ2) is 10.7. The Balaban J connectivity index is 0. The van der Waals surface area contributed by atoms with Crippen molar-refractivity contribution in [1.29, 1.82) is 0 Å². The van der Waals surface area contributed by atoms with Crippen molar-refractivity contribution in [2.24, 2.45) is 0 Å². The van der Waals surface area contributed by atoms with Gasteiger partial charge in [0.05, 0.1) is 0 Å². The third-order valence-corrected chi connectivity index (χ3v) is 1.58. The van der Waals surface area contributed by atoms with E-state index >= 15 is 0 Å². The van der Waals surface area contributed by atoms with E-state index in [2.05, 4.69) is 6.92 Å². The van der Waals surface area contributed by atoms with Gasteiger partial charge in [-0.05, 0) is 6.04 Å². The maximum absolute atomic E-state index is 8.34. The third-order valence-electron chi connectivity index (χ3n) is 0.762. The first kappa shape index (κ1) is 11.6. The SMILES string of the molecule is CCCC[SiH2]O.[KH]. The molecule has 0 unspecified atom stereocenters. The topological polar surface area (TPSA) is 20.2 Å². The first-order valence-corrected chi connectivity index (χ1v) is 4.16. The van der Waals surface area contributed by atoms with Gasteiger partial charge in [0.1, 0.15) is 0 Å². The molecular weight excluding hydrogens is 131 g/mol. The Morgan fingerprint density at radius 2 is 2.14 bits per heavy atom. The van der Waals surface area contributed by atoms with E-state index in [1.807, 2.05) is 0 Å². The fourth-order valence-electron chi connectivity index (χ4n) is 0.362. The first-order valence-electron chi connectivity index (χ1n) is 2.52. The van der Waals surface area contributed by atoms with Gasteiger partial charge in [-0.3, -0.25) is 0 Å². The summed E-state index contributed by atoms with van der Waals surface area (Å²) < 4.78 is 0. The van der Waals surface area contributed by atoms with Crippen LogP contribution >= 0.6 is 0 Å². The van der Waals surface area contributed by atoms with Crippen LogP contribution in [0.3, 0.4) is 0 Å². The van der Waals surface area contributed by atoms with Crippen LogP contribution in [0.25, 0.3) is 0 Å². The van der Waals surface area contributed by atoms with Crippen LogP contribution < -0.4 is 0 Å². The Labute approximate surface area is 90.2 Å². The monoisotopic (exact) mass is 144 g/mol. The number of unbranched alkanes of at least 4 members (excludes halogenated alkanes) is 1. The van der Waals surface area contributed by atoms with E-state index in [4.69, 9.17) is 4.80 Å². The molecule has 0 atom stereocenters. The minimum absolute atomic E-state index is 0. The molecule has 0 bridgehead atoms. The molecule has 0 fully saturated rings. The van der Waals surface area contributed by atoms with Gasteiger partial charge in [-0.15, -0.1) is 0 Å². The molecule has 1 N–H and O–H groups in total. The zero-order valence-corrected chi connectivity index (χ0v) is 5.69. The summed E-state index contributed by atoms with van der Waals surface area (Å²) in [6.45, 7) is 2.14. The van der Waals surface area contributed by atoms with Gasteiger partial charge in [0.2, 0.25) is 0 Å². The fourth-order valence-corrected chi connectivity index (χ4v) is 1.09. The molecule has 0 aliphatic heterocycles. The summed E-state index contributed by atoms with van der Waals surface area (Å²) in [7, 11) is -0.597. The number of hydrogen-bond acceptors (Lipinski definition) is 1. The van der Waals surface area contributed by atoms with Gasteiger partial charge >= 0.3 is 51.4 Å². The molecule has 0 aromatic heterocycles. The van der Waals surface area contributed by atoms with E-state index in [0.29, 0.717) is 0 Å². The molecule has 0 aliphatic rings. The molecular formula is C4H13KOSi. The fraction of sp³-hybridized carbons (Fsp3) is 1.00. The van der Waals surface area contributed by atoms with Crippen LogP contribution in [-0.4, -0.2) is 65.9 Å². The van der Waals surface area contributed by atoms with Crippen LogP contribution in [0.5, 0.6) is 0 Å². The van der Waals surface area contributed by atoms with Crippen LogP contribution in [0, 0.1) is 0 Å². The quantitative estimate of drug-likeness (QED) is 0.423. The van der Waals surface area contributed by atoms with Crippen LogP contribution in [0.15, 0.2) is 0 Å². The van der Waals surface area contributed by atoms with Crippen LogP contribution in [-0.2, 0) is 0 Å². The van der Waals surface area contributed by atoms with E-state index in [1.165, 1.54) is 12.8 Å². The van der Waals surface area contributed by atoms with Crippen LogP contribution in [0.4, 0.5) is 0 Å². The molecule has 0 saturated carbocycles. The third kappa shape index (κ3) is 11.4. The summed E-state index contributed by atoms with van der Waals surface area (Å²) in [5, 5.41) is 0. The summed E-state index contributed by atoms with van der Waals surface area (Å²) in [6, 6.07) is 1.11. The number of hydrogen-bond donors (Lipinski definition) is 1. The first-order chi connectivity index (χ1) is 2.91. The van der Waals surface area contributed by atoms with E-state index in [0.717, 1.165) is 6.04 Å². The van der Waals surface area contributed by atoms with Crippen LogP contribution in [0.2, 0.25) is 6.04 Å². The van der Waals surface area contributed by atoms with Crippen molar-refractivity contribution in [3.05, 3.63) is 0 Å². The Hall–Kier alpha value is 1.81. The average Bonchev–Trinajstić information content (AvgIpc) is 1.61. The molecule has 0 heterocycles. The molecule has 40 valence electrons. The van der Waals surface area contributed by atoms with Gasteiger partial charge in [0.25, 0.3) is 0 Å². The van der Waals surface area contributed by atoms with Crippen LogP contribution in [0.1, 0.15) is 19.8 Å². The Morgan fingerprint density at radius 1 is 1.57 bits per heavy atom. The molecule has 3 heteroatoms. The van der Waals surface area contributed by atoms with E-state index in [9.17, 15) is 0 Å². The van der Waals surface area contributed by atoms with Crippen molar-refractivity contribution in [3.63, 3.8) is 0 Å². The standard InChI is InChI=1S/C4H12OSi.K.H/c1-2-3-4-6-5;;/h5H,2-4,6H2,1H3;;. The summed E-state index contributed by atoms with van der Waals surface area (Å²) in [4.78, 5) is 8.34. The zero-order chi connectivity index (χ0) is 4.83. The van der Waals surface area contributed by atoms with Gasteiger partial charge in [0, 0.05) is 0 Å². The van der Waals surface area contributed by atoms with Crippen molar-refractivity contribution in [3.8, 4) is 0 Å². The predicted molar refractivity (Wildman–Crippen MR) is 37.6 cm³/mol. The van der Waals surface area contributed by atoms with Crippen molar-refractivity contribution < 1.29 is 4.80 Å². The molecule has 0 amide bonds. The molecule has 0 spiro atoms. The molecule has 0 aromatic rings. The van der Waals surface area contributed by atoms with E-state index in [1.54, 1.807) is 0 Å². The normalized spacial score (nSPS) is 9.43. The number of rotatable bonds is 3.